The predicted octanol–water partition coefficient (Wildman–Crippen LogP) is 3.67. The third kappa shape index (κ3) is 2.06. The molecule has 0 bridgehead atoms. The SMILES string of the molecule is CCn1ccc(=O)c2cc(F)c(-c3ccccc3O)c(F)c21. The van der Waals surface area contributed by atoms with Crippen LogP contribution in [0.5, 0.6) is 5.75 Å². The smallest absolute Gasteiger partial charge is 0.189 e. The van der Waals surface area contributed by atoms with Crippen LogP contribution in [0.15, 0.2) is 47.4 Å². The van der Waals surface area contributed by atoms with Gasteiger partial charge in [-0.1, -0.05) is 18.2 Å². The van der Waals surface area contributed by atoms with Gasteiger partial charge in [-0.15, -0.1) is 0 Å². The summed E-state index contributed by atoms with van der Waals surface area (Å²) >= 11 is 0. The molecule has 1 heterocycles. The molecule has 3 rings (SSSR count). The van der Waals surface area contributed by atoms with Crippen molar-refractivity contribution < 1.29 is 13.9 Å². The monoisotopic (exact) mass is 301 g/mol. The molecular weight excluding hydrogens is 288 g/mol. The average Bonchev–Trinajstić information content (AvgIpc) is 2.50. The first kappa shape index (κ1) is 14.3. The molecular formula is C17H13F2NO2. The standard InChI is InChI=1S/C17H13F2NO2/c1-2-20-8-7-14(22)11-9-12(18)15(16(19)17(11)20)10-5-3-4-6-13(10)21/h3-9,21H,2H2,1H3. The number of hydrogen-bond acceptors (Lipinski definition) is 2. The van der Waals surface area contributed by atoms with Crippen LogP contribution in [0.3, 0.4) is 0 Å². The Bertz CT molecular complexity index is 932. The lowest BCUT2D eigenvalue weighted by Crippen LogP contribution is -2.10. The highest BCUT2D eigenvalue weighted by molar-refractivity contribution is 5.87. The van der Waals surface area contributed by atoms with Crippen molar-refractivity contribution in [3.63, 3.8) is 0 Å². The summed E-state index contributed by atoms with van der Waals surface area (Å²) in [6.07, 6.45) is 1.47. The summed E-state index contributed by atoms with van der Waals surface area (Å²) in [5.74, 6) is -1.95. The van der Waals surface area contributed by atoms with Gasteiger partial charge in [0.25, 0.3) is 0 Å². The van der Waals surface area contributed by atoms with Gasteiger partial charge in [0, 0.05) is 24.4 Å². The highest BCUT2D eigenvalue weighted by Gasteiger charge is 2.20. The molecule has 3 nitrogen and oxygen atoms in total. The van der Waals surface area contributed by atoms with Crippen LogP contribution < -0.4 is 5.43 Å². The van der Waals surface area contributed by atoms with Gasteiger partial charge in [0.1, 0.15) is 11.6 Å². The third-order valence-electron chi connectivity index (χ3n) is 3.67. The van der Waals surface area contributed by atoms with Crippen molar-refractivity contribution in [3.8, 4) is 16.9 Å². The van der Waals surface area contributed by atoms with Gasteiger partial charge < -0.3 is 9.67 Å². The second kappa shape index (κ2) is 5.26. The van der Waals surface area contributed by atoms with E-state index < -0.39 is 17.1 Å². The molecule has 0 aliphatic carbocycles. The molecule has 0 atom stereocenters. The minimum Gasteiger partial charge on any atom is -0.507 e. The highest BCUT2D eigenvalue weighted by atomic mass is 19.1. The van der Waals surface area contributed by atoms with Crippen molar-refractivity contribution in [1.82, 2.24) is 4.57 Å². The first-order valence-corrected chi connectivity index (χ1v) is 6.84. The topological polar surface area (TPSA) is 42.2 Å². The number of nitrogens with zero attached hydrogens (tertiary/aromatic N) is 1. The van der Waals surface area contributed by atoms with Crippen LogP contribution in [0, 0.1) is 11.6 Å². The quantitative estimate of drug-likeness (QED) is 0.784. The van der Waals surface area contributed by atoms with E-state index in [1.807, 2.05) is 0 Å². The Labute approximate surface area is 125 Å². The molecule has 5 heteroatoms. The summed E-state index contributed by atoms with van der Waals surface area (Å²) in [6, 6.07) is 8.24. The molecule has 2 aromatic carbocycles. The minimum absolute atomic E-state index is 0.0153. The molecule has 0 saturated carbocycles. The first-order chi connectivity index (χ1) is 10.5. The number of rotatable bonds is 2. The van der Waals surface area contributed by atoms with Gasteiger partial charge in [0.05, 0.1) is 16.5 Å². The Morgan fingerprint density at radius 3 is 2.59 bits per heavy atom. The second-order valence-corrected chi connectivity index (χ2v) is 4.93. The summed E-state index contributed by atoms with van der Waals surface area (Å²) in [5, 5.41) is 9.85. The number of pyridine rings is 1. The molecule has 0 radical (unpaired) electrons. The fourth-order valence-electron chi connectivity index (χ4n) is 2.59. The molecule has 22 heavy (non-hydrogen) atoms. The number of aromatic nitrogens is 1. The van der Waals surface area contributed by atoms with Crippen molar-refractivity contribution in [2.45, 2.75) is 13.5 Å². The number of phenolic OH excluding ortho intramolecular Hbond substituents is 1. The number of hydrogen-bond donors (Lipinski definition) is 1. The van der Waals surface area contributed by atoms with Gasteiger partial charge in [-0.3, -0.25) is 4.79 Å². The number of halogens is 2. The van der Waals surface area contributed by atoms with Crippen molar-refractivity contribution >= 4 is 10.9 Å². The third-order valence-corrected chi connectivity index (χ3v) is 3.67. The Morgan fingerprint density at radius 2 is 1.91 bits per heavy atom. The normalized spacial score (nSPS) is 11.0. The lowest BCUT2D eigenvalue weighted by atomic mass is 10.0. The van der Waals surface area contributed by atoms with Crippen LogP contribution in [-0.2, 0) is 6.54 Å². The second-order valence-electron chi connectivity index (χ2n) is 4.93. The maximum atomic E-state index is 14.9. The van der Waals surface area contributed by atoms with Gasteiger partial charge in [-0.25, -0.2) is 8.78 Å². The molecule has 3 aromatic rings. The van der Waals surface area contributed by atoms with Gasteiger partial charge in [0.2, 0.25) is 0 Å². The summed E-state index contributed by atoms with van der Waals surface area (Å²) in [4.78, 5) is 11.9. The number of aromatic hydroxyl groups is 1. The van der Waals surface area contributed by atoms with E-state index in [1.54, 1.807) is 19.1 Å². The van der Waals surface area contributed by atoms with Crippen molar-refractivity contribution in [2.75, 3.05) is 0 Å². The zero-order chi connectivity index (χ0) is 15.9. The number of para-hydroxylation sites is 1. The van der Waals surface area contributed by atoms with E-state index in [0.717, 1.165) is 6.07 Å². The fourth-order valence-corrected chi connectivity index (χ4v) is 2.59. The fraction of sp³-hybridized carbons (Fsp3) is 0.118. The van der Waals surface area contributed by atoms with E-state index in [0.29, 0.717) is 6.54 Å². The van der Waals surface area contributed by atoms with Gasteiger partial charge in [-0.05, 0) is 19.1 Å². The number of benzene rings is 2. The molecule has 1 N–H and O–H groups in total. The van der Waals surface area contributed by atoms with Gasteiger partial charge in [-0.2, -0.15) is 0 Å². The van der Waals surface area contributed by atoms with Crippen LogP contribution in [0.2, 0.25) is 0 Å². The zero-order valence-corrected chi connectivity index (χ0v) is 11.8. The van der Waals surface area contributed by atoms with Crippen LogP contribution in [0.4, 0.5) is 8.78 Å². The van der Waals surface area contributed by atoms with Crippen LogP contribution in [0.25, 0.3) is 22.0 Å². The minimum atomic E-state index is -0.877. The van der Waals surface area contributed by atoms with E-state index in [-0.39, 0.29) is 27.8 Å². The van der Waals surface area contributed by atoms with E-state index >= 15 is 0 Å². The Balaban J connectivity index is 2.48. The summed E-state index contributed by atoms with van der Waals surface area (Å²) < 4.78 is 30.8. The van der Waals surface area contributed by atoms with Gasteiger partial charge >= 0.3 is 0 Å². The van der Waals surface area contributed by atoms with E-state index in [9.17, 15) is 18.7 Å². The van der Waals surface area contributed by atoms with Crippen molar-refractivity contribution in [1.29, 1.82) is 0 Å². The van der Waals surface area contributed by atoms with E-state index in [4.69, 9.17) is 0 Å². The van der Waals surface area contributed by atoms with Crippen LogP contribution >= 0.6 is 0 Å². The number of aryl methyl sites for hydroxylation is 1. The zero-order valence-electron chi connectivity index (χ0n) is 11.8. The summed E-state index contributed by atoms with van der Waals surface area (Å²) in [6.45, 7) is 2.23. The Hall–Kier alpha value is -2.69. The molecule has 0 amide bonds. The number of fused-ring (bicyclic) bond motifs is 1. The largest absolute Gasteiger partial charge is 0.507 e. The first-order valence-electron chi connectivity index (χ1n) is 6.84. The van der Waals surface area contributed by atoms with E-state index in [2.05, 4.69) is 0 Å². The average molecular weight is 301 g/mol. The van der Waals surface area contributed by atoms with Gasteiger partial charge in [0.15, 0.2) is 11.2 Å². The predicted molar refractivity (Wildman–Crippen MR) is 80.9 cm³/mol. The highest BCUT2D eigenvalue weighted by Crippen LogP contribution is 2.35. The van der Waals surface area contributed by atoms with Crippen molar-refractivity contribution in [2.24, 2.45) is 0 Å². The Morgan fingerprint density at radius 1 is 1.18 bits per heavy atom. The van der Waals surface area contributed by atoms with Crippen LogP contribution in [0.1, 0.15) is 6.92 Å². The maximum Gasteiger partial charge on any atom is 0.189 e. The number of phenols is 1. The molecule has 0 spiro atoms. The molecule has 0 aliphatic rings. The lowest BCUT2D eigenvalue weighted by molar-refractivity contribution is 0.476. The molecule has 0 unspecified atom stereocenters. The Kier molecular flexibility index (Phi) is 3.41. The molecule has 0 saturated heterocycles. The van der Waals surface area contributed by atoms with E-state index in [1.165, 1.54) is 29.0 Å². The molecule has 112 valence electrons. The summed E-state index contributed by atoms with van der Waals surface area (Å²) in [5.41, 5.74) is -0.687. The molecule has 0 fully saturated rings. The molecule has 1 aromatic heterocycles. The summed E-state index contributed by atoms with van der Waals surface area (Å²) in [7, 11) is 0. The maximum absolute atomic E-state index is 14.9. The van der Waals surface area contributed by atoms with Crippen LogP contribution in [-0.4, -0.2) is 9.67 Å². The lowest BCUT2D eigenvalue weighted by Gasteiger charge is -2.13. The molecule has 0 aliphatic heterocycles. The van der Waals surface area contributed by atoms with Crippen molar-refractivity contribution in [3.05, 3.63) is 64.5 Å².